The van der Waals surface area contributed by atoms with Crippen molar-refractivity contribution in [1.82, 2.24) is 15.2 Å². The largest absolute Gasteiger partial charge is 0.405 e. The van der Waals surface area contributed by atoms with Gasteiger partial charge in [0.2, 0.25) is 0 Å². The lowest BCUT2D eigenvalue weighted by molar-refractivity contribution is -0.123. The molecule has 0 saturated heterocycles. The molecule has 0 fully saturated rings. The summed E-state index contributed by atoms with van der Waals surface area (Å²) in [5.74, 6) is -0.787. The molecule has 4 N–H and O–H groups in total. The Kier molecular flexibility index (Phi) is 9.29. The van der Waals surface area contributed by atoms with Crippen molar-refractivity contribution in [2.45, 2.75) is 49.5 Å². The Morgan fingerprint density at radius 3 is 2.43 bits per heavy atom. The van der Waals surface area contributed by atoms with E-state index in [0.717, 1.165) is 10.9 Å². The number of carbonyl (C=O) groups excluding carboxylic acids is 1. The number of nitrogens with zero attached hydrogens (tertiary/aromatic N) is 1. The summed E-state index contributed by atoms with van der Waals surface area (Å²) in [7, 11) is -3.76. The number of aliphatic hydroxyl groups excluding tert-OH is 1. The number of anilines is 1. The molecule has 0 bridgehead atoms. The zero-order chi connectivity index (χ0) is 30.5. The Bertz CT molecular complexity index is 1640. The third kappa shape index (κ3) is 8.34. The molecule has 1 aromatic heterocycles. The molecule has 4 aromatic rings. The van der Waals surface area contributed by atoms with E-state index in [2.05, 4.69) is 10.0 Å². The van der Waals surface area contributed by atoms with Gasteiger partial charge in [0.25, 0.3) is 15.9 Å². The standard InChI is InChI=1S/C30H33F3N4O4S/c1-29(2,14-16-37-15-13-21-17-23(11-12-26(21)37)28(39)34-20-30(31,32)33)35-19-27(38)22-7-6-8-24(18-22)36-42(40,41)25-9-4-3-5-10-25/h3-13,15,17-18,27,35-36,38H,14,16,19-20H2,1-2H3,(H,34,39)/t27-/m0/s1. The van der Waals surface area contributed by atoms with Gasteiger partial charge in [-0.1, -0.05) is 30.3 Å². The minimum atomic E-state index is -4.48. The van der Waals surface area contributed by atoms with Crippen LogP contribution in [-0.4, -0.2) is 48.8 Å². The van der Waals surface area contributed by atoms with Crippen molar-refractivity contribution in [3.63, 3.8) is 0 Å². The van der Waals surface area contributed by atoms with Gasteiger partial charge in [-0.3, -0.25) is 9.52 Å². The van der Waals surface area contributed by atoms with E-state index >= 15 is 0 Å². The lowest BCUT2D eigenvalue weighted by Crippen LogP contribution is -2.42. The predicted molar refractivity (Wildman–Crippen MR) is 156 cm³/mol. The molecule has 0 spiro atoms. The summed E-state index contributed by atoms with van der Waals surface area (Å²) >= 11 is 0. The quantitative estimate of drug-likeness (QED) is 0.178. The number of aryl methyl sites for hydroxylation is 1. The normalized spacial score (nSPS) is 13.2. The number of halogens is 3. The van der Waals surface area contributed by atoms with Gasteiger partial charge >= 0.3 is 6.18 Å². The Morgan fingerprint density at radius 2 is 1.71 bits per heavy atom. The molecule has 12 heteroatoms. The SMILES string of the molecule is CC(C)(CCn1ccc2cc(C(=O)NCC(F)(F)F)ccc21)NC[C@H](O)c1cccc(NS(=O)(=O)c2ccccc2)c1. The average molecular weight is 603 g/mol. The Morgan fingerprint density at radius 1 is 0.976 bits per heavy atom. The van der Waals surface area contributed by atoms with Gasteiger partial charge in [0, 0.05) is 47.0 Å². The predicted octanol–water partition coefficient (Wildman–Crippen LogP) is 5.23. The van der Waals surface area contributed by atoms with Crippen LogP contribution in [0.5, 0.6) is 0 Å². The number of nitrogens with one attached hydrogen (secondary N) is 3. The number of β-amino-alcohol motifs (C(OH)–C–C–N with tert-alkyl or cyclic N) is 1. The molecular weight excluding hydrogens is 569 g/mol. The van der Waals surface area contributed by atoms with Crippen molar-refractivity contribution in [3.8, 4) is 0 Å². The van der Waals surface area contributed by atoms with Crippen LogP contribution in [0.15, 0.2) is 90.0 Å². The molecule has 1 amide bonds. The first-order valence-corrected chi connectivity index (χ1v) is 14.8. The fourth-order valence-electron chi connectivity index (χ4n) is 4.42. The van der Waals surface area contributed by atoms with Crippen LogP contribution in [0, 0.1) is 0 Å². The van der Waals surface area contributed by atoms with Crippen LogP contribution >= 0.6 is 0 Å². The molecule has 224 valence electrons. The summed E-state index contributed by atoms with van der Waals surface area (Å²) in [6.07, 6.45) is -2.84. The van der Waals surface area contributed by atoms with E-state index in [0.29, 0.717) is 24.2 Å². The van der Waals surface area contributed by atoms with E-state index in [1.807, 2.05) is 29.9 Å². The minimum absolute atomic E-state index is 0.140. The second-order valence-corrected chi connectivity index (χ2v) is 12.3. The summed E-state index contributed by atoms with van der Waals surface area (Å²) in [5.41, 5.74) is 1.50. The summed E-state index contributed by atoms with van der Waals surface area (Å²) < 4.78 is 67.1. The summed E-state index contributed by atoms with van der Waals surface area (Å²) in [6, 6.07) is 21.2. The summed E-state index contributed by atoms with van der Waals surface area (Å²) in [6.45, 7) is 3.44. The van der Waals surface area contributed by atoms with Crippen molar-refractivity contribution in [1.29, 1.82) is 0 Å². The molecule has 0 unspecified atom stereocenters. The van der Waals surface area contributed by atoms with Crippen LogP contribution in [0.1, 0.15) is 42.3 Å². The molecular formula is C30H33F3N4O4S. The number of sulfonamides is 1. The lowest BCUT2D eigenvalue weighted by atomic mass is 9.99. The summed E-state index contributed by atoms with van der Waals surface area (Å²) in [5, 5.41) is 16.8. The van der Waals surface area contributed by atoms with Gasteiger partial charge in [-0.05, 0) is 74.4 Å². The molecule has 0 radical (unpaired) electrons. The van der Waals surface area contributed by atoms with Gasteiger partial charge in [-0.2, -0.15) is 13.2 Å². The smallest absolute Gasteiger partial charge is 0.387 e. The highest BCUT2D eigenvalue weighted by molar-refractivity contribution is 7.92. The molecule has 1 heterocycles. The van der Waals surface area contributed by atoms with Crippen molar-refractivity contribution in [2.75, 3.05) is 17.8 Å². The van der Waals surface area contributed by atoms with Crippen LogP contribution in [-0.2, 0) is 16.6 Å². The number of fused-ring (bicyclic) bond motifs is 1. The van der Waals surface area contributed by atoms with Gasteiger partial charge in [-0.25, -0.2) is 8.42 Å². The molecule has 8 nitrogen and oxygen atoms in total. The van der Waals surface area contributed by atoms with Crippen molar-refractivity contribution in [3.05, 3.63) is 96.2 Å². The van der Waals surface area contributed by atoms with Gasteiger partial charge in [0.1, 0.15) is 6.54 Å². The molecule has 0 aliphatic carbocycles. The fourth-order valence-corrected chi connectivity index (χ4v) is 5.49. The molecule has 1 atom stereocenters. The Hall–Kier alpha value is -3.87. The van der Waals surface area contributed by atoms with E-state index in [1.165, 1.54) is 18.2 Å². The molecule has 0 aliphatic heterocycles. The molecule has 0 saturated carbocycles. The first-order valence-electron chi connectivity index (χ1n) is 13.3. The first kappa shape index (κ1) is 31.1. The molecule has 4 rings (SSSR count). The van der Waals surface area contributed by atoms with Crippen LogP contribution in [0.3, 0.4) is 0 Å². The van der Waals surface area contributed by atoms with Crippen LogP contribution in [0.4, 0.5) is 18.9 Å². The number of amides is 1. The number of hydrogen-bond donors (Lipinski definition) is 4. The maximum Gasteiger partial charge on any atom is 0.405 e. The number of aliphatic hydroxyl groups is 1. The summed E-state index contributed by atoms with van der Waals surface area (Å²) in [4.78, 5) is 12.2. The van der Waals surface area contributed by atoms with Crippen molar-refractivity contribution < 1.29 is 31.5 Å². The van der Waals surface area contributed by atoms with Crippen molar-refractivity contribution >= 4 is 32.5 Å². The van der Waals surface area contributed by atoms with Gasteiger partial charge in [0.15, 0.2) is 0 Å². The topological polar surface area (TPSA) is 112 Å². The van der Waals surface area contributed by atoms with Gasteiger partial charge in [-0.15, -0.1) is 0 Å². The number of carbonyl (C=O) groups is 1. The number of aromatic nitrogens is 1. The molecule has 42 heavy (non-hydrogen) atoms. The number of hydrogen-bond acceptors (Lipinski definition) is 5. The maximum atomic E-state index is 12.7. The highest BCUT2D eigenvalue weighted by Crippen LogP contribution is 2.23. The van der Waals surface area contributed by atoms with Crippen LogP contribution in [0.25, 0.3) is 10.9 Å². The second kappa shape index (κ2) is 12.6. The highest BCUT2D eigenvalue weighted by Gasteiger charge is 2.28. The monoisotopic (exact) mass is 602 g/mol. The third-order valence-electron chi connectivity index (χ3n) is 6.81. The van der Waals surface area contributed by atoms with E-state index in [-0.39, 0.29) is 22.5 Å². The lowest BCUT2D eigenvalue weighted by Gasteiger charge is -2.28. The number of rotatable bonds is 12. The first-order chi connectivity index (χ1) is 19.7. The number of benzene rings is 3. The highest BCUT2D eigenvalue weighted by atomic mass is 32.2. The second-order valence-electron chi connectivity index (χ2n) is 10.7. The van der Waals surface area contributed by atoms with E-state index in [4.69, 9.17) is 0 Å². The average Bonchev–Trinajstić information content (AvgIpc) is 3.36. The maximum absolute atomic E-state index is 12.7. The fraction of sp³-hybridized carbons (Fsp3) is 0.300. The Labute approximate surface area is 242 Å². The Balaban J connectivity index is 1.33. The van der Waals surface area contributed by atoms with E-state index in [9.17, 15) is 31.5 Å². The number of alkyl halides is 3. The van der Waals surface area contributed by atoms with Gasteiger partial charge < -0.3 is 20.3 Å². The van der Waals surface area contributed by atoms with Gasteiger partial charge in [0.05, 0.1) is 11.0 Å². The van der Waals surface area contributed by atoms with Crippen LogP contribution in [0.2, 0.25) is 0 Å². The zero-order valence-electron chi connectivity index (χ0n) is 23.1. The van der Waals surface area contributed by atoms with Crippen molar-refractivity contribution in [2.24, 2.45) is 0 Å². The minimum Gasteiger partial charge on any atom is -0.387 e. The van der Waals surface area contributed by atoms with Crippen LogP contribution < -0.4 is 15.4 Å². The zero-order valence-corrected chi connectivity index (χ0v) is 24.0. The molecule has 3 aromatic carbocycles. The van der Waals surface area contributed by atoms with E-state index < -0.39 is 34.8 Å². The van der Waals surface area contributed by atoms with E-state index in [1.54, 1.807) is 60.7 Å². The third-order valence-corrected chi connectivity index (χ3v) is 8.21. The molecule has 0 aliphatic rings.